The van der Waals surface area contributed by atoms with Crippen molar-refractivity contribution < 1.29 is 14.3 Å². The Kier molecular flexibility index (Phi) is 2.14. The minimum absolute atomic E-state index is 0.0150. The SMILES string of the molecule is Cc1nc(Cl)oc1CC(=O)O. The molecule has 0 spiro atoms. The number of aryl methyl sites for hydroxylation is 1. The molecule has 0 aliphatic carbocycles. The Hall–Kier alpha value is -1.03. The Morgan fingerprint density at radius 3 is 2.82 bits per heavy atom. The summed E-state index contributed by atoms with van der Waals surface area (Å²) < 4.78 is 4.80. The van der Waals surface area contributed by atoms with E-state index in [0.717, 1.165) is 0 Å². The van der Waals surface area contributed by atoms with E-state index in [-0.39, 0.29) is 11.8 Å². The minimum Gasteiger partial charge on any atom is -0.481 e. The van der Waals surface area contributed by atoms with E-state index in [9.17, 15) is 4.79 Å². The van der Waals surface area contributed by atoms with Crippen LogP contribution in [-0.2, 0) is 11.2 Å². The predicted octanol–water partition coefficient (Wildman–Crippen LogP) is 1.26. The second-order valence-corrected chi connectivity index (χ2v) is 2.37. The molecular formula is C6H6ClNO3. The van der Waals surface area contributed by atoms with E-state index in [4.69, 9.17) is 21.1 Å². The Bertz CT molecular complexity index is 281. The number of hydrogen-bond donors (Lipinski definition) is 1. The van der Waals surface area contributed by atoms with Gasteiger partial charge in [0, 0.05) is 0 Å². The number of hydrogen-bond acceptors (Lipinski definition) is 3. The van der Waals surface area contributed by atoms with E-state index in [2.05, 4.69) is 4.98 Å². The Morgan fingerprint density at radius 2 is 2.45 bits per heavy atom. The highest BCUT2D eigenvalue weighted by Gasteiger charge is 2.10. The van der Waals surface area contributed by atoms with Crippen molar-refractivity contribution in [1.29, 1.82) is 0 Å². The lowest BCUT2D eigenvalue weighted by Gasteiger charge is -1.88. The number of aliphatic carboxylic acids is 1. The molecule has 5 heteroatoms. The third-order valence-electron chi connectivity index (χ3n) is 1.18. The van der Waals surface area contributed by atoms with Gasteiger partial charge in [0.25, 0.3) is 5.35 Å². The number of oxazole rings is 1. The van der Waals surface area contributed by atoms with Gasteiger partial charge in [-0.15, -0.1) is 0 Å². The Labute approximate surface area is 67.8 Å². The highest BCUT2D eigenvalue weighted by molar-refractivity contribution is 6.27. The second kappa shape index (κ2) is 2.92. The molecule has 1 heterocycles. The third-order valence-corrected chi connectivity index (χ3v) is 1.34. The van der Waals surface area contributed by atoms with Gasteiger partial charge in [-0.1, -0.05) is 0 Å². The molecule has 0 radical (unpaired) electrons. The van der Waals surface area contributed by atoms with Crippen LogP contribution in [-0.4, -0.2) is 16.1 Å². The molecule has 0 saturated heterocycles. The molecule has 1 rings (SSSR count). The Balaban J connectivity index is 2.85. The van der Waals surface area contributed by atoms with E-state index in [1.807, 2.05) is 0 Å². The van der Waals surface area contributed by atoms with Crippen molar-refractivity contribution in [1.82, 2.24) is 4.98 Å². The summed E-state index contributed by atoms with van der Waals surface area (Å²) in [6.45, 7) is 1.65. The maximum atomic E-state index is 10.2. The minimum atomic E-state index is -0.957. The number of rotatable bonds is 2. The number of nitrogens with zero attached hydrogens (tertiary/aromatic N) is 1. The fourth-order valence-corrected chi connectivity index (χ4v) is 0.914. The van der Waals surface area contributed by atoms with Gasteiger partial charge in [0.1, 0.15) is 12.2 Å². The molecule has 1 aromatic heterocycles. The summed E-state index contributed by atoms with van der Waals surface area (Å²) in [7, 11) is 0. The summed E-state index contributed by atoms with van der Waals surface area (Å²) in [4.78, 5) is 13.9. The zero-order chi connectivity index (χ0) is 8.43. The van der Waals surface area contributed by atoms with Crippen LogP contribution < -0.4 is 0 Å². The third kappa shape index (κ3) is 1.94. The van der Waals surface area contributed by atoms with Crippen molar-refractivity contribution in [3.63, 3.8) is 0 Å². The molecule has 0 aliphatic heterocycles. The van der Waals surface area contributed by atoms with Gasteiger partial charge in [-0.3, -0.25) is 4.79 Å². The first-order chi connectivity index (χ1) is 5.09. The molecule has 0 amide bonds. The monoisotopic (exact) mass is 175 g/mol. The van der Waals surface area contributed by atoms with Crippen LogP contribution in [0.5, 0.6) is 0 Å². The van der Waals surface area contributed by atoms with Crippen molar-refractivity contribution in [3.8, 4) is 0 Å². The van der Waals surface area contributed by atoms with Crippen LogP contribution in [0.3, 0.4) is 0 Å². The fourth-order valence-electron chi connectivity index (χ4n) is 0.694. The average molecular weight is 176 g/mol. The van der Waals surface area contributed by atoms with Gasteiger partial charge in [0.05, 0.1) is 5.69 Å². The van der Waals surface area contributed by atoms with Crippen molar-refractivity contribution in [2.24, 2.45) is 0 Å². The van der Waals surface area contributed by atoms with Crippen molar-refractivity contribution in [3.05, 3.63) is 16.8 Å². The average Bonchev–Trinajstić information content (AvgIpc) is 2.09. The molecule has 0 unspecified atom stereocenters. The van der Waals surface area contributed by atoms with Gasteiger partial charge in [0.2, 0.25) is 0 Å². The molecule has 0 fully saturated rings. The lowest BCUT2D eigenvalue weighted by atomic mass is 10.3. The van der Waals surface area contributed by atoms with Crippen molar-refractivity contribution in [2.75, 3.05) is 0 Å². The molecule has 1 N–H and O–H groups in total. The van der Waals surface area contributed by atoms with Crippen LogP contribution in [0.4, 0.5) is 0 Å². The fraction of sp³-hybridized carbons (Fsp3) is 0.333. The highest BCUT2D eigenvalue weighted by atomic mass is 35.5. The van der Waals surface area contributed by atoms with Crippen LogP contribution in [0.15, 0.2) is 4.42 Å². The summed E-state index contributed by atoms with van der Waals surface area (Å²) in [6, 6.07) is 0. The maximum absolute atomic E-state index is 10.2. The standard InChI is InChI=1S/C6H6ClNO3/c1-3-4(2-5(9)10)11-6(7)8-3/h2H2,1H3,(H,9,10). The first-order valence-corrected chi connectivity index (χ1v) is 3.31. The molecule has 11 heavy (non-hydrogen) atoms. The molecule has 0 bridgehead atoms. The number of carboxylic acid groups (broad SMARTS) is 1. The largest absolute Gasteiger partial charge is 0.481 e. The first kappa shape index (κ1) is 8.07. The van der Waals surface area contributed by atoms with Gasteiger partial charge in [-0.05, 0) is 18.5 Å². The zero-order valence-electron chi connectivity index (χ0n) is 5.80. The molecule has 60 valence electrons. The van der Waals surface area contributed by atoms with Crippen molar-refractivity contribution >= 4 is 17.6 Å². The number of halogens is 1. The van der Waals surface area contributed by atoms with E-state index < -0.39 is 5.97 Å². The predicted molar refractivity (Wildman–Crippen MR) is 37.6 cm³/mol. The first-order valence-electron chi connectivity index (χ1n) is 2.93. The second-order valence-electron chi connectivity index (χ2n) is 2.05. The van der Waals surface area contributed by atoms with Gasteiger partial charge < -0.3 is 9.52 Å². The summed E-state index contributed by atoms with van der Waals surface area (Å²) >= 11 is 5.38. The van der Waals surface area contributed by atoms with Crippen molar-refractivity contribution in [2.45, 2.75) is 13.3 Å². The quantitative estimate of drug-likeness (QED) is 0.735. The van der Waals surface area contributed by atoms with Crippen LogP contribution >= 0.6 is 11.6 Å². The zero-order valence-corrected chi connectivity index (χ0v) is 6.55. The topological polar surface area (TPSA) is 63.3 Å². The molecule has 0 aliphatic rings. The van der Waals surface area contributed by atoms with Crippen LogP contribution in [0.1, 0.15) is 11.5 Å². The van der Waals surface area contributed by atoms with Gasteiger partial charge in [-0.25, -0.2) is 4.98 Å². The smallest absolute Gasteiger partial charge is 0.311 e. The summed E-state index contributed by atoms with van der Waals surface area (Å²) in [6.07, 6.45) is -0.175. The van der Waals surface area contributed by atoms with Crippen LogP contribution in [0.2, 0.25) is 5.35 Å². The molecule has 0 aromatic carbocycles. The molecule has 4 nitrogen and oxygen atoms in total. The normalized spacial score (nSPS) is 10.0. The van der Waals surface area contributed by atoms with E-state index in [1.165, 1.54) is 0 Å². The molecular weight excluding hydrogens is 170 g/mol. The Morgan fingerprint density at radius 1 is 1.82 bits per heavy atom. The van der Waals surface area contributed by atoms with Gasteiger partial charge in [-0.2, -0.15) is 0 Å². The maximum Gasteiger partial charge on any atom is 0.311 e. The van der Waals surface area contributed by atoms with E-state index in [0.29, 0.717) is 11.5 Å². The molecule has 0 saturated carbocycles. The number of carboxylic acids is 1. The molecule has 1 aromatic rings. The van der Waals surface area contributed by atoms with E-state index in [1.54, 1.807) is 6.92 Å². The summed E-state index contributed by atoms with van der Waals surface area (Å²) in [5, 5.41) is 8.35. The summed E-state index contributed by atoms with van der Waals surface area (Å²) in [5.41, 5.74) is 0.525. The van der Waals surface area contributed by atoms with Gasteiger partial charge >= 0.3 is 5.97 Å². The van der Waals surface area contributed by atoms with Gasteiger partial charge in [0.15, 0.2) is 0 Å². The van der Waals surface area contributed by atoms with Crippen LogP contribution in [0.25, 0.3) is 0 Å². The lowest BCUT2D eigenvalue weighted by Crippen LogP contribution is -1.99. The number of carbonyl (C=O) groups is 1. The highest BCUT2D eigenvalue weighted by Crippen LogP contribution is 2.14. The number of aromatic nitrogens is 1. The van der Waals surface area contributed by atoms with Crippen LogP contribution in [0, 0.1) is 6.92 Å². The lowest BCUT2D eigenvalue weighted by molar-refractivity contribution is -0.136. The molecule has 0 atom stereocenters. The van der Waals surface area contributed by atoms with E-state index >= 15 is 0 Å². The summed E-state index contributed by atoms with van der Waals surface area (Å²) in [5.74, 6) is -0.650.